The molecule has 0 saturated carbocycles. The lowest BCUT2D eigenvalue weighted by Gasteiger charge is -2.08. The second-order valence-corrected chi connectivity index (χ2v) is 5.95. The molecular weight excluding hydrogens is 357 g/mol. The molecule has 0 atom stereocenters. The first-order chi connectivity index (χ1) is 12.6. The molecule has 0 aliphatic rings. The van der Waals surface area contributed by atoms with Crippen LogP contribution in [0.5, 0.6) is 0 Å². The van der Waals surface area contributed by atoms with E-state index in [2.05, 4.69) is 15.3 Å². The van der Waals surface area contributed by atoms with Gasteiger partial charge in [-0.3, -0.25) is 9.78 Å². The topological polar surface area (TPSA) is 68.0 Å². The summed E-state index contributed by atoms with van der Waals surface area (Å²) in [6, 6.07) is 11.9. The molecule has 26 heavy (non-hydrogen) atoms. The first-order valence-corrected chi connectivity index (χ1v) is 8.03. The molecule has 1 amide bonds. The van der Waals surface area contributed by atoms with Gasteiger partial charge in [0.2, 0.25) is 0 Å². The summed E-state index contributed by atoms with van der Waals surface area (Å²) in [6.45, 7) is 0. The largest absolute Gasteiger partial charge is 0.443 e. The first kappa shape index (κ1) is 16.2. The number of anilines is 1. The Morgan fingerprint density at radius 2 is 1.96 bits per heavy atom. The van der Waals surface area contributed by atoms with E-state index in [0.29, 0.717) is 21.8 Å². The number of rotatable bonds is 3. The van der Waals surface area contributed by atoms with Gasteiger partial charge in [-0.2, -0.15) is 0 Å². The van der Waals surface area contributed by atoms with E-state index in [-0.39, 0.29) is 5.56 Å². The fraction of sp³-hybridized carbons (Fsp3) is 0. The number of hydrogen-bond acceptors (Lipinski definition) is 4. The number of nitrogens with zero attached hydrogens (tertiary/aromatic N) is 2. The van der Waals surface area contributed by atoms with Crippen molar-refractivity contribution in [2.24, 2.45) is 0 Å². The van der Waals surface area contributed by atoms with Crippen molar-refractivity contribution in [3.8, 4) is 11.1 Å². The Kier molecular flexibility index (Phi) is 4.10. The number of carbonyl (C=O) groups is 1. The van der Waals surface area contributed by atoms with E-state index in [1.165, 1.54) is 18.7 Å². The molecule has 2 aromatic heterocycles. The Bertz CT molecular complexity index is 1110. The molecule has 4 aromatic rings. The standard InChI is InChI=1S/C19H11ClFN3O2/c20-15-8-17-18(26-10-23-17)7-14(15)11-1-3-12(4-2-11)24-19(25)13-5-6-22-9-16(13)21/h1-10H,(H,24,25). The zero-order valence-electron chi connectivity index (χ0n) is 13.2. The predicted molar refractivity (Wildman–Crippen MR) is 96.6 cm³/mol. The van der Waals surface area contributed by atoms with Gasteiger partial charge in [-0.05, 0) is 35.9 Å². The van der Waals surface area contributed by atoms with Crippen molar-refractivity contribution in [1.82, 2.24) is 9.97 Å². The molecule has 0 fully saturated rings. The molecular formula is C19H11ClFN3O2. The number of pyridine rings is 1. The smallest absolute Gasteiger partial charge is 0.258 e. The van der Waals surface area contributed by atoms with Crippen LogP contribution in [0.4, 0.5) is 10.1 Å². The molecule has 2 heterocycles. The number of benzene rings is 2. The Labute approximate surface area is 152 Å². The van der Waals surface area contributed by atoms with E-state index in [4.69, 9.17) is 16.0 Å². The summed E-state index contributed by atoms with van der Waals surface area (Å²) < 4.78 is 18.9. The molecule has 0 saturated heterocycles. The highest BCUT2D eigenvalue weighted by Crippen LogP contribution is 2.32. The summed E-state index contributed by atoms with van der Waals surface area (Å²) in [5, 5.41) is 3.19. The normalized spacial score (nSPS) is 10.8. The Morgan fingerprint density at radius 1 is 1.15 bits per heavy atom. The van der Waals surface area contributed by atoms with E-state index >= 15 is 0 Å². The van der Waals surface area contributed by atoms with Gasteiger partial charge in [-0.25, -0.2) is 9.37 Å². The van der Waals surface area contributed by atoms with Gasteiger partial charge in [-0.15, -0.1) is 0 Å². The van der Waals surface area contributed by atoms with Crippen LogP contribution in [0.3, 0.4) is 0 Å². The van der Waals surface area contributed by atoms with Gasteiger partial charge in [0.1, 0.15) is 5.52 Å². The van der Waals surface area contributed by atoms with Crippen LogP contribution in [0.1, 0.15) is 10.4 Å². The van der Waals surface area contributed by atoms with Crippen LogP contribution in [0, 0.1) is 5.82 Å². The fourth-order valence-electron chi connectivity index (χ4n) is 2.59. The molecule has 0 radical (unpaired) electrons. The minimum Gasteiger partial charge on any atom is -0.443 e. The van der Waals surface area contributed by atoms with Crippen molar-refractivity contribution >= 4 is 34.3 Å². The van der Waals surface area contributed by atoms with Gasteiger partial charge in [-0.1, -0.05) is 23.7 Å². The van der Waals surface area contributed by atoms with E-state index in [0.717, 1.165) is 17.3 Å². The van der Waals surface area contributed by atoms with Crippen LogP contribution in [0.2, 0.25) is 5.02 Å². The lowest BCUT2D eigenvalue weighted by molar-refractivity contribution is 0.102. The molecule has 0 aliphatic carbocycles. The SMILES string of the molecule is O=C(Nc1ccc(-c2cc3ocnc3cc2Cl)cc1)c1ccncc1F. The monoisotopic (exact) mass is 367 g/mol. The van der Waals surface area contributed by atoms with Crippen molar-refractivity contribution < 1.29 is 13.6 Å². The second-order valence-electron chi connectivity index (χ2n) is 5.54. The van der Waals surface area contributed by atoms with Gasteiger partial charge in [0.15, 0.2) is 17.8 Å². The number of oxazole rings is 1. The van der Waals surface area contributed by atoms with Crippen molar-refractivity contribution in [3.63, 3.8) is 0 Å². The summed E-state index contributed by atoms with van der Waals surface area (Å²) in [5.74, 6) is -1.22. The zero-order valence-corrected chi connectivity index (χ0v) is 14.0. The molecule has 5 nitrogen and oxygen atoms in total. The van der Waals surface area contributed by atoms with Crippen LogP contribution in [-0.4, -0.2) is 15.9 Å². The quantitative estimate of drug-likeness (QED) is 0.557. The van der Waals surface area contributed by atoms with Crippen LogP contribution in [0.15, 0.2) is 65.7 Å². The second kappa shape index (κ2) is 6.57. The third kappa shape index (κ3) is 3.02. The summed E-state index contributed by atoms with van der Waals surface area (Å²) in [4.78, 5) is 19.8. The van der Waals surface area contributed by atoms with Crippen molar-refractivity contribution in [2.45, 2.75) is 0 Å². The predicted octanol–water partition coefficient (Wildman–Crippen LogP) is 4.93. The van der Waals surface area contributed by atoms with Gasteiger partial charge in [0, 0.05) is 17.4 Å². The van der Waals surface area contributed by atoms with Crippen LogP contribution in [-0.2, 0) is 0 Å². The number of carbonyl (C=O) groups excluding carboxylic acids is 1. The Hall–Kier alpha value is -3.25. The molecule has 7 heteroatoms. The van der Waals surface area contributed by atoms with Gasteiger partial charge < -0.3 is 9.73 Å². The molecule has 4 rings (SSSR count). The lowest BCUT2D eigenvalue weighted by atomic mass is 10.0. The van der Waals surface area contributed by atoms with Crippen LogP contribution < -0.4 is 5.32 Å². The van der Waals surface area contributed by atoms with Gasteiger partial charge in [0.25, 0.3) is 5.91 Å². The average molecular weight is 368 g/mol. The van der Waals surface area contributed by atoms with E-state index in [1.54, 1.807) is 18.2 Å². The maximum Gasteiger partial charge on any atom is 0.258 e. The minimum atomic E-state index is -0.672. The number of hydrogen-bond donors (Lipinski definition) is 1. The highest BCUT2D eigenvalue weighted by atomic mass is 35.5. The molecule has 2 aromatic carbocycles. The Morgan fingerprint density at radius 3 is 2.73 bits per heavy atom. The highest BCUT2D eigenvalue weighted by molar-refractivity contribution is 6.34. The minimum absolute atomic E-state index is 0.0668. The van der Waals surface area contributed by atoms with Crippen molar-refractivity contribution in [3.05, 3.63) is 77.7 Å². The van der Waals surface area contributed by atoms with Crippen LogP contribution in [0.25, 0.3) is 22.2 Å². The summed E-state index contributed by atoms with van der Waals surface area (Å²) >= 11 is 6.32. The summed E-state index contributed by atoms with van der Waals surface area (Å²) in [7, 11) is 0. The highest BCUT2D eigenvalue weighted by Gasteiger charge is 2.12. The van der Waals surface area contributed by atoms with Gasteiger partial charge >= 0.3 is 0 Å². The lowest BCUT2D eigenvalue weighted by Crippen LogP contribution is -2.13. The number of halogens is 2. The molecule has 1 N–H and O–H groups in total. The fourth-order valence-corrected chi connectivity index (χ4v) is 2.86. The van der Waals surface area contributed by atoms with Gasteiger partial charge in [0.05, 0.1) is 16.8 Å². The number of fused-ring (bicyclic) bond motifs is 1. The summed E-state index contributed by atoms with van der Waals surface area (Å²) in [5.41, 5.74) is 3.42. The van der Waals surface area contributed by atoms with E-state index < -0.39 is 11.7 Å². The zero-order chi connectivity index (χ0) is 18.1. The molecule has 0 aliphatic heterocycles. The van der Waals surface area contributed by atoms with Crippen molar-refractivity contribution in [1.29, 1.82) is 0 Å². The van der Waals surface area contributed by atoms with Crippen LogP contribution >= 0.6 is 11.6 Å². The third-order valence-electron chi connectivity index (χ3n) is 3.89. The van der Waals surface area contributed by atoms with Crippen molar-refractivity contribution in [2.75, 3.05) is 5.32 Å². The third-order valence-corrected chi connectivity index (χ3v) is 4.20. The molecule has 0 bridgehead atoms. The van der Waals surface area contributed by atoms with E-state index in [9.17, 15) is 9.18 Å². The average Bonchev–Trinajstić information content (AvgIpc) is 3.09. The summed E-state index contributed by atoms with van der Waals surface area (Å²) in [6.07, 6.45) is 3.73. The first-order valence-electron chi connectivity index (χ1n) is 7.66. The van der Waals surface area contributed by atoms with E-state index in [1.807, 2.05) is 18.2 Å². The molecule has 128 valence electrons. The number of amides is 1. The maximum atomic E-state index is 13.6. The molecule has 0 spiro atoms. The Balaban J connectivity index is 1.59. The number of nitrogens with one attached hydrogen (secondary N) is 1. The maximum absolute atomic E-state index is 13.6. The molecule has 0 unspecified atom stereocenters. The number of aromatic nitrogens is 2.